The lowest BCUT2D eigenvalue weighted by Gasteiger charge is -2.15. The number of nitrogens with two attached hydrogens (primary N) is 1. The topological polar surface area (TPSA) is 148 Å². The molecule has 1 saturated heterocycles. The summed E-state index contributed by atoms with van der Waals surface area (Å²) in [6.45, 7) is 3.31. The first-order chi connectivity index (χ1) is 11.8. The molecule has 0 bridgehead atoms. The summed E-state index contributed by atoms with van der Waals surface area (Å²) < 4.78 is 21.0. The number of imidazole rings is 1. The van der Waals surface area contributed by atoms with E-state index in [4.69, 9.17) is 10.5 Å². The summed E-state index contributed by atoms with van der Waals surface area (Å²) in [5.41, 5.74) is 4.85. The number of hydrogen-bond donors (Lipinski definition) is 4. The third-order valence-electron chi connectivity index (χ3n) is 4.00. The Balaban J connectivity index is 0.00000243. The number of aromatic amines is 1. The van der Waals surface area contributed by atoms with Gasteiger partial charge < -0.3 is 15.6 Å². The fourth-order valence-electron chi connectivity index (χ4n) is 2.55. The van der Waals surface area contributed by atoms with Crippen LogP contribution in [-0.4, -0.2) is 55.5 Å². The lowest BCUT2D eigenvalue weighted by atomic mass is 10.1. The summed E-state index contributed by atoms with van der Waals surface area (Å²) >= 11 is 0. The zero-order valence-electron chi connectivity index (χ0n) is 14.0. The van der Waals surface area contributed by atoms with E-state index in [0.29, 0.717) is 0 Å². The minimum atomic E-state index is -1.76. The van der Waals surface area contributed by atoms with Gasteiger partial charge in [0.15, 0.2) is 23.6 Å². The fourth-order valence-corrected chi connectivity index (χ4v) is 2.55. The Hall–Kier alpha value is -2.08. The quantitative estimate of drug-likeness (QED) is 0.559. The number of H-pyrrole nitrogens is 1. The van der Waals surface area contributed by atoms with Crippen LogP contribution < -0.4 is 16.6 Å². The van der Waals surface area contributed by atoms with Crippen molar-refractivity contribution in [1.29, 1.82) is 0 Å². The first-order valence-corrected chi connectivity index (χ1v) is 7.78. The number of alkyl halides is 1. The van der Waals surface area contributed by atoms with E-state index in [2.05, 4.69) is 20.3 Å². The lowest BCUT2D eigenvalue weighted by Crippen LogP contribution is -2.33. The number of fused-ring (bicyclic) bond motifs is 1. The van der Waals surface area contributed by atoms with Crippen molar-refractivity contribution in [3.05, 3.63) is 16.7 Å². The van der Waals surface area contributed by atoms with Gasteiger partial charge in [-0.2, -0.15) is 4.98 Å². The third kappa shape index (κ3) is 3.43. The number of nitrogens with zero attached hydrogens (tertiary/aromatic N) is 3. The summed E-state index contributed by atoms with van der Waals surface area (Å²) in [5, 5.41) is 12.3. The molecule has 1 amide bonds. The number of carbonyl (C=O) groups excluding carboxylic acids is 1. The SMILES string of the molecule is CC(C)C(=O)Nc1nc2c(ncn2[C@@H]2O[C@H](CN)[C@@H](O)[C@H]2F)c(=O)[nH]1.Cl. The number of anilines is 1. The maximum atomic E-state index is 14.4. The summed E-state index contributed by atoms with van der Waals surface area (Å²) in [7, 11) is 0. The summed E-state index contributed by atoms with van der Waals surface area (Å²) in [5.74, 6) is -0.741. The van der Waals surface area contributed by atoms with E-state index in [0.717, 1.165) is 0 Å². The van der Waals surface area contributed by atoms with Gasteiger partial charge in [0.1, 0.15) is 12.2 Å². The maximum absolute atomic E-state index is 14.4. The van der Waals surface area contributed by atoms with Crippen molar-refractivity contribution < 1.29 is 19.0 Å². The molecule has 0 saturated carbocycles. The van der Waals surface area contributed by atoms with Crippen LogP contribution in [0.25, 0.3) is 11.2 Å². The number of amides is 1. The Morgan fingerprint density at radius 3 is 2.85 bits per heavy atom. The molecular weight excluding hydrogens is 371 g/mol. The van der Waals surface area contributed by atoms with Crippen LogP contribution in [-0.2, 0) is 9.53 Å². The first kappa shape index (κ1) is 20.2. The van der Waals surface area contributed by atoms with Crippen molar-refractivity contribution in [3.8, 4) is 0 Å². The predicted octanol–water partition coefficient (Wildman–Crippen LogP) is -0.309. The largest absolute Gasteiger partial charge is 0.387 e. The molecule has 1 fully saturated rings. The number of aliphatic hydroxyl groups is 1. The Morgan fingerprint density at radius 2 is 2.27 bits per heavy atom. The predicted molar refractivity (Wildman–Crippen MR) is 92.7 cm³/mol. The molecular formula is C14H20ClFN6O4. The van der Waals surface area contributed by atoms with Gasteiger partial charge in [0.05, 0.1) is 6.33 Å². The van der Waals surface area contributed by atoms with Crippen LogP contribution in [0.15, 0.2) is 11.1 Å². The van der Waals surface area contributed by atoms with Crippen LogP contribution in [0.5, 0.6) is 0 Å². The molecule has 1 aliphatic heterocycles. The second-order valence-electron chi connectivity index (χ2n) is 6.12. The van der Waals surface area contributed by atoms with Crippen LogP contribution in [0.4, 0.5) is 10.3 Å². The summed E-state index contributed by atoms with van der Waals surface area (Å²) in [6.07, 6.45) is -4.06. The molecule has 12 heteroatoms. The van der Waals surface area contributed by atoms with Crippen molar-refractivity contribution in [2.45, 2.75) is 38.5 Å². The average molecular weight is 391 g/mol. The van der Waals surface area contributed by atoms with E-state index in [1.54, 1.807) is 13.8 Å². The molecule has 0 aromatic carbocycles. The highest BCUT2D eigenvalue weighted by molar-refractivity contribution is 5.91. The second kappa shape index (κ2) is 7.66. The van der Waals surface area contributed by atoms with Gasteiger partial charge in [-0.15, -0.1) is 12.4 Å². The number of hydrogen-bond acceptors (Lipinski definition) is 7. The van der Waals surface area contributed by atoms with E-state index in [1.807, 2.05) is 0 Å². The van der Waals surface area contributed by atoms with E-state index in [-0.39, 0.29) is 47.9 Å². The molecule has 3 heterocycles. The number of aromatic nitrogens is 4. The molecule has 144 valence electrons. The van der Waals surface area contributed by atoms with Crippen molar-refractivity contribution >= 4 is 35.4 Å². The van der Waals surface area contributed by atoms with Crippen LogP contribution >= 0.6 is 12.4 Å². The van der Waals surface area contributed by atoms with Crippen molar-refractivity contribution in [1.82, 2.24) is 19.5 Å². The van der Waals surface area contributed by atoms with Gasteiger partial charge >= 0.3 is 0 Å². The molecule has 26 heavy (non-hydrogen) atoms. The number of rotatable bonds is 4. The molecule has 3 rings (SSSR count). The number of ether oxygens (including phenoxy) is 1. The highest BCUT2D eigenvalue weighted by Gasteiger charge is 2.45. The smallest absolute Gasteiger partial charge is 0.280 e. The van der Waals surface area contributed by atoms with E-state index in [1.165, 1.54) is 10.9 Å². The number of aliphatic hydroxyl groups excluding tert-OH is 1. The van der Waals surface area contributed by atoms with Crippen LogP contribution in [0, 0.1) is 5.92 Å². The van der Waals surface area contributed by atoms with Crippen LogP contribution in [0.2, 0.25) is 0 Å². The Labute approximate surface area is 153 Å². The first-order valence-electron chi connectivity index (χ1n) is 7.78. The molecule has 0 aliphatic carbocycles. The highest BCUT2D eigenvalue weighted by Crippen LogP contribution is 2.32. The average Bonchev–Trinajstić information content (AvgIpc) is 3.10. The fraction of sp³-hybridized carbons (Fsp3) is 0.571. The van der Waals surface area contributed by atoms with Gasteiger partial charge in [-0.3, -0.25) is 24.5 Å². The Morgan fingerprint density at radius 1 is 1.58 bits per heavy atom. The third-order valence-corrected chi connectivity index (χ3v) is 4.00. The highest BCUT2D eigenvalue weighted by atomic mass is 35.5. The van der Waals surface area contributed by atoms with Crippen molar-refractivity contribution in [2.75, 3.05) is 11.9 Å². The van der Waals surface area contributed by atoms with Crippen LogP contribution in [0.1, 0.15) is 20.1 Å². The van der Waals surface area contributed by atoms with E-state index < -0.39 is 30.2 Å². The van der Waals surface area contributed by atoms with E-state index in [9.17, 15) is 19.1 Å². The molecule has 2 aromatic heterocycles. The van der Waals surface area contributed by atoms with Crippen molar-refractivity contribution in [3.63, 3.8) is 0 Å². The zero-order valence-corrected chi connectivity index (χ0v) is 14.9. The standard InChI is InChI=1S/C14H19FN6O4.ClH/c1-5(2)11(23)19-14-18-10-8(12(24)20-14)17-4-21(10)13-7(15)9(22)6(3-16)25-13;/h4-7,9,13,22H,3,16H2,1-2H3,(H2,18,19,20,23,24);1H/t6-,7-,9-,13-;/m1./s1. The van der Waals surface area contributed by atoms with Gasteiger partial charge in [0.2, 0.25) is 11.9 Å². The minimum absolute atomic E-state index is 0. The maximum Gasteiger partial charge on any atom is 0.280 e. The van der Waals surface area contributed by atoms with Gasteiger partial charge in [-0.1, -0.05) is 13.8 Å². The van der Waals surface area contributed by atoms with Crippen molar-refractivity contribution in [2.24, 2.45) is 11.7 Å². The number of nitrogens with one attached hydrogen (secondary N) is 2. The second-order valence-corrected chi connectivity index (χ2v) is 6.12. The molecule has 0 spiro atoms. The van der Waals surface area contributed by atoms with Gasteiger partial charge in [0, 0.05) is 12.5 Å². The number of carbonyl (C=O) groups is 1. The molecule has 1 aliphatic rings. The summed E-state index contributed by atoms with van der Waals surface area (Å²) in [6, 6.07) is 0. The number of halogens is 2. The molecule has 5 N–H and O–H groups in total. The normalized spacial score (nSPS) is 25.5. The van der Waals surface area contributed by atoms with Crippen LogP contribution in [0.3, 0.4) is 0 Å². The molecule has 0 radical (unpaired) electrons. The molecule has 4 atom stereocenters. The van der Waals surface area contributed by atoms with E-state index >= 15 is 0 Å². The summed E-state index contributed by atoms with van der Waals surface area (Å²) in [4.78, 5) is 34.3. The van der Waals surface area contributed by atoms with Gasteiger partial charge in [-0.25, -0.2) is 9.37 Å². The Bertz CT molecular complexity index is 856. The van der Waals surface area contributed by atoms with Gasteiger partial charge in [-0.05, 0) is 0 Å². The molecule has 2 aromatic rings. The zero-order chi connectivity index (χ0) is 18.3. The molecule has 10 nitrogen and oxygen atoms in total. The van der Waals surface area contributed by atoms with Gasteiger partial charge in [0.25, 0.3) is 5.56 Å². The minimum Gasteiger partial charge on any atom is -0.387 e. The Kier molecular flexibility index (Phi) is 5.96. The lowest BCUT2D eigenvalue weighted by molar-refractivity contribution is -0.118. The molecule has 0 unspecified atom stereocenters. The monoisotopic (exact) mass is 390 g/mol.